The predicted molar refractivity (Wildman–Crippen MR) is 60.0 cm³/mol. The Hall–Kier alpha value is -0.900. The lowest BCUT2D eigenvalue weighted by Gasteiger charge is -2.38. The van der Waals surface area contributed by atoms with Crippen molar-refractivity contribution in [1.29, 1.82) is 0 Å². The standard InChI is InChI=1S/C11H19N3O/c1-3-9-7-11(15)14-6-5-13(4-2)8-10(14)12-9/h9H,3-8H2,1-2H3. The topological polar surface area (TPSA) is 35.9 Å². The molecule has 84 valence electrons. The Kier molecular flexibility index (Phi) is 3.05. The Morgan fingerprint density at radius 1 is 1.40 bits per heavy atom. The highest BCUT2D eigenvalue weighted by atomic mass is 16.2. The second kappa shape index (κ2) is 4.31. The van der Waals surface area contributed by atoms with Crippen LogP contribution in [0.1, 0.15) is 26.7 Å². The monoisotopic (exact) mass is 209 g/mol. The van der Waals surface area contributed by atoms with Gasteiger partial charge in [-0.2, -0.15) is 0 Å². The summed E-state index contributed by atoms with van der Waals surface area (Å²) < 4.78 is 0. The number of carbonyl (C=O) groups excluding carboxylic acids is 1. The number of amidine groups is 1. The SMILES string of the molecule is CCC1CC(=O)N2CCN(CC)CC2=N1. The summed E-state index contributed by atoms with van der Waals surface area (Å²) in [6.07, 6.45) is 1.57. The fourth-order valence-corrected chi connectivity index (χ4v) is 2.19. The Labute approximate surface area is 91.0 Å². The van der Waals surface area contributed by atoms with E-state index in [0.717, 1.165) is 38.4 Å². The molecule has 1 atom stereocenters. The highest BCUT2D eigenvalue weighted by Gasteiger charge is 2.31. The summed E-state index contributed by atoms with van der Waals surface area (Å²) in [5, 5.41) is 0. The maximum Gasteiger partial charge on any atom is 0.230 e. The molecule has 0 aromatic heterocycles. The van der Waals surface area contributed by atoms with Crippen molar-refractivity contribution >= 4 is 11.7 Å². The second-order valence-corrected chi connectivity index (χ2v) is 4.23. The van der Waals surface area contributed by atoms with Crippen LogP contribution in [0.5, 0.6) is 0 Å². The van der Waals surface area contributed by atoms with Crippen LogP contribution in [-0.4, -0.2) is 53.8 Å². The number of aliphatic imine (C=N–C) groups is 1. The van der Waals surface area contributed by atoms with E-state index < -0.39 is 0 Å². The third-order valence-corrected chi connectivity index (χ3v) is 3.28. The summed E-state index contributed by atoms with van der Waals surface area (Å²) in [7, 11) is 0. The maximum atomic E-state index is 11.8. The van der Waals surface area contributed by atoms with Gasteiger partial charge in [0.2, 0.25) is 5.91 Å². The van der Waals surface area contributed by atoms with Crippen molar-refractivity contribution in [3.8, 4) is 0 Å². The number of rotatable bonds is 2. The van der Waals surface area contributed by atoms with Crippen molar-refractivity contribution in [2.24, 2.45) is 4.99 Å². The normalized spacial score (nSPS) is 27.6. The molecule has 1 unspecified atom stereocenters. The molecular formula is C11H19N3O. The molecule has 0 aromatic rings. The van der Waals surface area contributed by atoms with Gasteiger partial charge in [-0.05, 0) is 13.0 Å². The number of likely N-dealkylation sites (N-methyl/N-ethyl adjacent to an activating group) is 1. The van der Waals surface area contributed by atoms with E-state index in [1.807, 2.05) is 4.90 Å². The molecule has 0 saturated carbocycles. The molecule has 2 aliphatic rings. The molecule has 1 amide bonds. The molecule has 0 N–H and O–H groups in total. The van der Waals surface area contributed by atoms with Gasteiger partial charge in [-0.15, -0.1) is 0 Å². The molecule has 15 heavy (non-hydrogen) atoms. The molecule has 1 fully saturated rings. The van der Waals surface area contributed by atoms with Crippen LogP contribution in [0.2, 0.25) is 0 Å². The first-order valence-electron chi connectivity index (χ1n) is 5.84. The molecule has 4 nitrogen and oxygen atoms in total. The van der Waals surface area contributed by atoms with E-state index >= 15 is 0 Å². The molecule has 2 rings (SSSR count). The van der Waals surface area contributed by atoms with Crippen LogP contribution in [-0.2, 0) is 4.79 Å². The Bertz CT molecular complexity index is 288. The first kappa shape index (κ1) is 10.6. The average Bonchev–Trinajstić information content (AvgIpc) is 2.28. The lowest BCUT2D eigenvalue weighted by atomic mass is 10.1. The molecule has 0 bridgehead atoms. The summed E-state index contributed by atoms with van der Waals surface area (Å²) in [6, 6.07) is 0.223. The molecule has 1 saturated heterocycles. The summed E-state index contributed by atoms with van der Waals surface area (Å²) in [5.41, 5.74) is 0. The molecule has 0 aromatic carbocycles. The number of hydrogen-bond acceptors (Lipinski definition) is 3. The third-order valence-electron chi connectivity index (χ3n) is 3.28. The van der Waals surface area contributed by atoms with Gasteiger partial charge in [-0.1, -0.05) is 13.8 Å². The van der Waals surface area contributed by atoms with E-state index in [0.29, 0.717) is 6.42 Å². The number of piperazine rings is 1. The maximum absolute atomic E-state index is 11.8. The minimum Gasteiger partial charge on any atom is -0.298 e. The first-order valence-corrected chi connectivity index (χ1v) is 5.84. The van der Waals surface area contributed by atoms with Gasteiger partial charge in [0.25, 0.3) is 0 Å². The van der Waals surface area contributed by atoms with Gasteiger partial charge in [0.1, 0.15) is 5.84 Å². The Morgan fingerprint density at radius 3 is 2.87 bits per heavy atom. The zero-order valence-electron chi connectivity index (χ0n) is 9.57. The van der Waals surface area contributed by atoms with Gasteiger partial charge >= 0.3 is 0 Å². The van der Waals surface area contributed by atoms with Crippen molar-refractivity contribution < 1.29 is 4.79 Å². The van der Waals surface area contributed by atoms with E-state index in [-0.39, 0.29) is 11.9 Å². The molecule has 0 spiro atoms. The highest BCUT2D eigenvalue weighted by Crippen LogP contribution is 2.17. The lowest BCUT2D eigenvalue weighted by molar-refractivity contribution is -0.129. The smallest absolute Gasteiger partial charge is 0.230 e. The zero-order chi connectivity index (χ0) is 10.8. The average molecular weight is 209 g/mol. The highest BCUT2D eigenvalue weighted by molar-refractivity contribution is 6.01. The van der Waals surface area contributed by atoms with Crippen molar-refractivity contribution in [3.05, 3.63) is 0 Å². The zero-order valence-corrected chi connectivity index (χ0v) is 9.57. The third kappa shape index (κ3) is 2.04. The molecule has 2 heterocycles. The fraction of sp³-hybridized carbons (Fsp3) is 0.818. The minimum atomic E-state index is 0.223. The van der Waals surface area contributed by atoms with E-state index in [1.165, 1.54) is 0 Å². The van der Waals surface area contributed by atoms with Crippen LogP contribution >= 0.6 is 0 Å². The summed E-state index contributed by atoms with van der Waals surface area (Å²) in [5.74, 6) is 1.26. The largest absolute Gasteiger partial charge is 0.298 e. The van der Waals surface area contributed by atoms with E-state index in [4.69, 9.17) is 0 Å². The van der Waals surface area contributed by atoms with Crippen LogP contribution in [0.15, 0.2) is 4.99 Å². The van der Waals surface area contributed by atoms with Gasteiger partial charge in [0, 0.05) is 19.5 Å². The Morgan fingerprint density at radius 2 is 2.20 bits per heavy atom. The van der Waals surface area contributed by atoms with E-state index in [2.05, 4.69) is 23.7 Å². The molecule has 0 aliphatic carbocycles. The summed E-state index contributed by atoms with van der Waals surface area (Å²) in [4.78, 5) is 20.7. The molecule has 2 aliphatic heterocycles. The number of fused-ring (bicyclic) bond motifs is 1. The predicted octanol–water partition coefficient (Wildman–Crippen LogP) is 0.731. The van der Waals surface area contributed by atoms with Crippen molar-refractivity contribution in [2.75, 3.05) is 26.2 Å². The van der Waals surface area contributed by atoms with Crippen molar-refractivity contribution in [1.82, 2.24) is 9.80 Å². The molecular weight excluding hydrogens is 190 g/mol. The van der Waals surface area contributed by atoms with E-state index in [9.17, 15) is 4.79 Å². The summed E-state index contributed by atoms with van der Waals surface area (Å²) in [6.45, 7) is 7.94. The first-order chi connectivity index (χ1) is 7.24. The molecule has 0 radical (unpaired) electrons. The quantitative estimate of drug-likeness (QED) is 0.672. The van der Waals surface area contributed by atoms with Gasteiger partial charge in [-0.3, -0.25) is 19.6 Å². The van der Waals surface area contributed by atoms with Crippen molar-refractivity contribution in [3.63, 3.8) is 0 Å². The second-order valence-electron chi connectivity index (χ2n) is 4.23. The lowest BCUT2D eigenvalue weighted by Crippen LogP contribution is -2.55. The van der Waals surface area contributed by atoms with Gasteiger partial charge in [0.05, 0.1) is 12.6 Å². The van der Waals surface area contributed by atoms with Crippen molar-refractivity contribution in [2.45, 2.75) is 32.7 Å². The van der Waals surface area contributed by atoms with Crippen LogP contribution < -0.4 is 0 Å². The van der Waals surface area contributed by atoms with Crippen LogP contribution in [0.4, 0.5) is 0 Å². The Balaban J connectivity index is 2.14. The van der Waals surface area contributed by atoms with Gasteiger partial charge in [0.15, 0.2) is 0 Å². The van der Waals surface area contributed by atoms with Crippen LogP contribution in [0.25, 0.3) is 0 Å². The number of amides is 1. The summed E-state index contributed by atoms with van der Waals surface area (Å²) >= 11 is 0. The van der Waals surface area contributed by atoms with Crippen LogP contribution in [0.3, 0.4) is 0 Å². The fourth-order valence-electron chi connectivity index (χ4n) is 2.19. The number of carbonyl (C=O) groups is 1. The number of hydrogen-bond donors (Lipinski definition) is 0. The van der Waals surface area contributed by atoms with Crippen LogP contribution in [0, 0.1) is 0 Å². The minimum absolute atomic E-state index is 0.223. The number of nitrogens with zero attached hydrogens (tertiary/aromatic N) is 3. The van der Waals surface area contributed by atoms with Gasteiger partial charge in [-0.25, -0.2) is 0 Å². The molecule has 4 heteroatoms. The van der Waals surface area contributed by atoms with E-state index in [1.54, 1.807) is 0 Å². The van der Waals surface area contributed by atoms with Gasteiger partial charge < -0.3 is 0 Å².